The van der Waals surface area contributed by atoms with Gasteiger partial charge in [-0.15, -0.1) is 0 Å². The Hall–Kier alpha value is 0.844. The Bertz CT molecular complexity index is 89.2. The van der Waals surface area contributed by atoms with Gasteiger partial charge in [-0.2, -0.15) is 6.42 Å². The summed E-state index contributed by atoms with van der Waals surface area (Å²) in [5.74, 6) is 0. The second kappa shape index (κ2) is 14.4. The topological polar surface area (TPSA) is 0 Å². The minimum absolute atomic E-state index is 0. The molecule has 0 amide bonds. The van der Waals surface area contributed by atoms with Crippen molar-refractivity contribution in [3.63, 3.8) is 0 Å². The largest absolute Gasteiger partial charge is 0.497 e. The van der Waals surface area contributed by atoms with Crippen molar-refractivity contribution in [3.05, 3.63) is 19.1 Å². The Labute approximate surface area is 104 Å². The monoisotopic (exact) mass is 243 g/mol. The molecule has 0 atom stereocenters. The molecule has 0 heterocycles. The van der Waals surface area contributed by atoms with Crippen LogP contribution in [0, 0.1) is 13.5 Å². The smallest absolute Gasteiger partial charge is 0 e. The molecular formula is C11H22Y-2. The van der Waals surface area contributed by atoms with E-state index >= 15 is 0 Å². The number of hydrogen-bond donors (Lipinski definition) is 0. The van der Waals surface area contributed by atoms with Gasteiger partial charge in [-0.3, -0.25) is 5.57 Å². The fraction of sp³-hybridized carbons (Fsp3) is 0.727. The molecule has 0 aliphatic heterocycles. The third-order valence-electron chi connectivity index (χ3n) is 1.41. The maximum Gasteiger partial charge on any atom is 0 e. The van der Waals surface area contributed by atoms with Crippen LogP contribution in [0.15, 0.2) is 5.57 Å². The molecule has 71 valence electrons. The van der Waals surface area contributed by atoms with E-state index in [4.69, 9.17) is 0 Å². The zero-order valence-corrected chi connectivity index (χ0v) is 12.0. The van der Waals surface area contributed by atoms with Crippen LogP contribution in [0.4, 0.5) is 0 Å². The van der Waals surface area contributed by atoms with Gasteiger partial charge < -0.3 is 13.5 Å². The molecule has 0 aromatic rings. The van der Waals surface area contributed by atoms with Crippen molar-refractivity contribution < 1.29 is 32.7 Å². The quantitative estimate of drug-likeness (QED) is 0.515. The first-order valence-electron chi connectivity index (χ1n) is 4.52. The Balaban J connectivity index is -0.000000189. The minimum atomic E-state index is 0. The second-order valence-electron chi connectivity index (χ2n) is 2.38. The summed E-state index contributed by atoms with van der Waals surface area (Å²) in [5.41, 5.74) is 1.57. The second-order valence-corrected chi connectivity index (χ2v) is 2.38. The van der Waals surface area contributed by atoms with Crippen LogP contribution < -0.4 is 0 Å². The predicted molar refractivity (Wildman–Crippen MR) is 53.3 cm³/mol. The molecule has 0 spiro atoms. The Morgan fingerprint density at radius 3 is 2.08 bits per heavy atom. The first kappa shape index (κ1) is 18.6. The van der Waals surface area contributed by atoms with Gasteiger partial charge in [-0.1, -0.05) is 46.5 Å². The molecule has 0 aromatic carbocycles. The third-order valence-corrected chi connectivity index (χ3v) is 1.41. The molecule has 12 heavy (non-hydrogen) atoms. The Morgan fingerprint density at radius 2 is 1.75 bits per heavy atom. The van der Waals surface area contributed by atoms with Crippen molar-refractivity contribution in [3.8, 4) is 0 Å². The zero-order chi connectivity index (χ0) is 7.82. The fourth-order valence-corrected chi connectivity index (χ4v) is 0.681. The van der Waals surface area contributed by atoms with Crippen LogP contribution in [0.1, 0.15) is 52.9 Å². The van der Waals surface area contributed by atoms with Crippen LogP contribution in [0.3, 0.4) is 0 Å². The molecule has 0 saturated heterocycles. The Kier molecular flexibility index (Phi) is 22.3. The summed E-state index contributed by atoms with van der Waals surface area (Å²) in [6.07, 6.45) is 9.88. The van der Waals surface area contributed by atoms with Gasteiger partial charge in [0.05, 0.1) is 0 Å². The molecule has 1 rings (SSSR count). The van der Waals surface area contributed by atoms with Gasteiger partial charge in [0.2, 0.25) is 0 Å². The first-order chi connectivity index (χ1) is 4.93. The molecule has 0 nitrogen and oxygen atoms in total. The van der Waals surface area contributed by atoms with E-state index in [-0.39, 0.29) is 40.1 Å². The van der Waals surface area contributed by atoms with E-state index in [1.807, 2.05) is 13.8 Å². The predicted octanol–water partition coefficient (Wildman–Crippen LogP) is 4.17. The summed E-state index contributed by atoms with van der Waals surface area (Å²) in [6.45, 7) is 6.22. The number of unbranched alkanes of at least 4 members (excludes halogenated alkanes) is 2. The first-order valence-corrected chi connectivity index (χ1v) is 4.52. The van der Waals surface area contributed by atoms with Gasteiger partial charge in [-0.25, -0.2) is 0 Å². The van der Waals surface area contributed by atoms with E-state index in [1.165, 1.54) is 32.1 Å². The molecule has 1 radical (unpaired) electrons. The average molecular weight is 243 g/mol. The maximum atomic E-state index is 3.37. The van der Waals surface area contributed by atoms with Crippen molar-refractivity contribution in [1.29, 1.82) is 0 Å². The molecular weight excluding hydrogens is 221 g/mol. The molecule has 1 fully saturated rings. The molecule has 1 aliphatic carbocycles. The van der Waals surface area contributed by atoms with Gasteiger partial charge in [-0.05, 0) is 0 Å². The standard InChI is InChI=1S/C8H13.C2H6.CH3.Y/c1-2-3-4-5-8-6-7-8;1-2;;/h2-4,6-7H2,1H3;1-2H3;1H3;/q-1;;-1;. The number of hydrogen-bond acceptors (Lipinski definition) is 0. The van der Waals surface area contributed by atoms with Crippen LogP contribution in [-0.4, -0.2) is 0 Å². The third kappa shape index (κ3) is 13.4. The summed E-state index contributed by atoms with van der Waals surface area (Å²) < 4.78 is 0. The fourth-order valence-electron chi connectivity index (χ4n) is 0.681. The minimum Gasteiger partial charge on any atom is -0.497 e. The SMILES string of the molecule is CC.CCCC[C-]=C1CC1.[CH3-].[Y]. The van der Waals surface area contributed by atoms with Crippen molar-refractivity contribution >= 4 is 0 Å². The number of rotatable bonds is 3. The summed E-state index contributed by atoms with van der Waals surface area (Å²) in [4.78, 5) is 0. The van der Waals surface area contributed by atoms with Gasteiger partial charge in [0.15, 0.2) is 0 Å². The van der Waals surface area contributed by atoms with E-state index < -0.39 is 0 Å². The van der Waals surface area contributed by atoms with Crippen LogP contribution in [0.2, 0.25) is 0 Å². The summed E-state index contributed by atoms with van der Waals surface area (Å²) >= 11 is 0. The zero-order valence-electron chi connectivity index (χ0n) is 9.11. The molecule has 0 N–H and O–H groups in total. The van der Waals surface area contributed by atoms with E-state index in [1.54, 1.807) is 5.57 Å². The van der Waals surface area contributed by atoms with Crippen LogP contribution in [-0.2, 0) is 32.7 Å². The average Bonchev–Trinajstić information content (AvgIpc) is 2.77. The van der Waals surface area contributed by atoms with Gasteiger partial charge in [0, 0.05) is 32.7 Å². The maximum absolute atomic E-state index is 3.37. The van der Waals surface area contributed by atoms with Gasteiger partial charge in [0.1, 0.15) is 0 Å². The van der Waals surface area contributed by atoms with E-state index in [0.29, 0.717) is 0 Å². The van der Waals surface area contributed by atoms with Crippen LogP contribution in [0.5, 0.6) is 0 Å². The summed E-state index contributed by atoms with van der Waals surface area (Å²) in [7, 11) is 0. The molecule has 0 unspecified atom stereocenters. The van der Waals surface area contributed by atoms with Crippen molar-refractivity contribution in [2.45, 2.75) is 52.9 Å². The van der Waals surface area contributed by atoms with E-state index in [9.17, 15) is 0 Å². The van der Waals surface area contributed by atoms with Gasteiger partial charge >= 0.3 is 0 Å². The molecule has 1 saturated carbocycles. The molecule has 1 aliphatic rings. The molecule has 0 bridgehead atoms. The molecule has 0 aromatic heterocycles. The normalized spacial score (nSPS) is 11.4. The van der Waals surface area contributed by atoms with Crippen LogP contribution in [0.25, 0.3) is 0 Å². The Morgan fingerprint density at radius 1 is 1.25 bits per heavy atom. The van der Waals surface area contributed by atoms with E-state index in [0.717, 1.165) is 0 Å². The van der Waals surface area contributed by atoms with Gasteiger partial charge in [0.25, 0.3) is 0 Å². The van der Waals surface area contributed by atoms with E-state index in [2.05, 4.69) is 13.0 Å². The van der Waals surface area contributed by atoms with Crippen molar-refractivity contribution in [2.75, 3.05) is 0 Å². The number of allylic oxidation sites excluding steroid dienone is 2. The van der Waals surface area contributed by atoms with Crippen LogP contribution >= 0.6 is 0 Å². The van der Waals surface area contributed by atoms with Crippen molar-refractivity contribution in [1.82, 2.24) is 0 Å². The molecule has 1 heteroatoms. The summed E-state index contributed by atoms with van der Waals surface area (Å²) in [6, 6.07) is 0. The summed E-state index contributed by atoms with van der Waals surface area (Å²) in [5, 5.41) is 0. The van der Waals surface area contributed by atoms with Crippen molar-refractivity contribution in [2.24, 2.45) is 0 Å².